The van der Waals surface area contributed by atoms with Crippen molar-refractivity contribution in [3.8, 4) is 11.5 Å². The lowest BCUT2D eigenvalue weighted by molar-refractivity contribution is 0.416. The molecule has 2 aromatic rings. The number of nitrogens with zero attached hydrogens (tertiary/aromatic N) is 1. The number of benzene rings is 2. The minimum atomic E-state index is -2.77. The van der Waals surface area contributed by atoms with Crippen LogP contribution in [0, 0.1) is 0 Å². The summed E-state index contributed by atoms with van der Waals surface area (Å²) in [4.78, 5) is 13.7. The average Bonchev–Trinajstić information content (AvgIpc) is 2.42. The molecule has 0 aromatic heterocycles. The van der Waals surface area contributed by atoms with E-state index in [9.17, 15) is 9.36 Å². The second kappa shape index (κ2) is 6.55. The van der Waals surface area contributed by atoms with E-state index in [1.165, 1.54) is 6.08 Å². The van der Waals surface area contributed by atoms with E-state index in [1.54, 1.807) is 48.5 Å². The smallest absolute Gasteiger partial charge is 0.418 e. The Morgan fingerprint density at radius 1 is 0.947 bits per heavy atom. The van der Waals surface area contributed by atoms with E-state index in [4.69, 9.17) is 9.05 Å². The van der Waals surface area contributed by atoms with Crippen molar-refractivity contribution >= 4 is 20.0 Å². The van der Waals surface area contributed by atoms with Crippen molar-refractivity contribution in [2.24, 2.45) is 4.99 Å². The zero-order chi connectivity index (χ0) is 13.5. The van der Waals surface area contributed by atoms with Gasteiger partial charge in [-0.25, -0.2) is 9.36 Å². The van der Waals surface area contributed by atoms with Gasteiger partial charge in [0, 0.05) is 0 Å². The molecule has 0 aliphatic rings. The van der Waals surface area contributed by atoms with Crippen molar-refractivity contribution in [3.63, 3.8) is 0 Å². The fraction of sp³-hybridized carbons (Fsp3) is 0. The summed E-state index contributed by atoms with van der Waals surface area (Å²) >= 11 is 0. The van der Waals surface area contributed by atoms with E-state index in [0.717, 1.165) is 0 Å². The first-order valence-corrected chi connectivity index (χ1v) is 6.63. The van der Waals surface area contributed by atoms with Gasteiger partial charge in [0.1, 0.15) is 11.4 Å². The minimum Gasteiger partial charge on any atom is -0.418 e. The molecule has 19 heavy (non-hydrogen) atoms. The van der Waals surface area contributed by atoms with Gasteiger partial charge in [-0.3, -0.25) is 0 Å². The molecule has 0 saturated carbocycles. The van der Waals surface area contributed by atoms with Gasteiger partial charge in [-0.2, -0.15) is 4.99 Å². The standard InChI is InChI=1S/C13H10NO4P/c15-10-14-12-8-4-5-9-13(12)18-19(16)17-11-6-2-1-3-7-11/h1-9,19H. The molecule has 0 N–H and O–H groups in total. The molecule has 0 heterocycles. The van der Waals surface area contributed by atoms with Gasteiger partial charge < -0.3 is 9.05 Å². The highest BCUT2D eigenvalue weighted by Crippen LogP contribution is 2.35. The molecule has 0 bridgehead atoms. The van der Waals surface area contributed by atoms with Crippen LogP contribution in [-0.2, 0) is 9.36 Å². The molecule has 2 aromatic carbocycles. The summed E-state index contributed by atoms with van der Waals surface area (Å²) in [5.74, 6) is 0.661. The molecule has 0 radical (unpaired) electrons. The van der Waals surface area contributed by atoms with Gasteiger partial charge in [0.25, 0.3) is 0 Å². The van der Waals surface area contributed by atoms with Crippen molar-refractivity contribution in [2.45, 2.75) is 0 Å². The maximum atomic E-state index is 11.7. The first kappa shape index (κ1) is 13.1. The van der Waals surface area contributed by atoms with Crippen LogP contribution in [0.4, 0.5) is 5.69 Å². The Kier molecular flexibility index (Phi) is 4.51. The third-order valence-electron chi connectivity index (χ3n) is 2.17. The van der Waals surface area contributed by atoms with Crippen LogP contribution < -0.4 is 9.05 Å². The molecule has 0 fully saturated rings. The van der Waals surface area contributed by atoms with Crippen LogP contribution in [0.1, 0.15) is 0 Å². The molecule has 0 amide bonds. The van der Waals surface area contributed by atoms with E-state index in [1.807, 2.05) is 6.07 Å². The summed E-state index contributed by atoms with van der Waals surface area (Å²) in [5, 5.41) is 0. The summed E-state index contributed by atoms with van der Waals surface area (Å²) in [7, 11) is -2.77. The Hall–Kier alpha value is -2.35. The molecule has 0 aliphatic carbocycles. The third-order valence-corrected chi connectivity index (χ3v) is 2.96. The molecular formula is C13H10NO4P. The van der Waals surface area contributed by atoms with Crippen LogP contribution in [-0.4, -0.2) is 6.08 Å². The predicted octanol–water partition coefficient (Wildman–Crippen LogP) is 3.50. The highest BCUT2D eigenvalue weighted by Gasteiger charge is 2.07. The highest BCUT2D eigenvalue weighted by atomic mass is 31.1. The van der Waals surface area contributed by atoms with E-state index in [-0.39, 0.29) is 11.4 Å². The van der Waals surface area contributed by atoms with Crippen LogP contribution in [0.15, 0.2) is 59.6 Å². The topological polar surface area (TPSA) is 65.0 Å². The number of hydrogen-bond acceptors (Lipinski definition) is 5. The summed E-state index contributed by atoms with van der Waals surface area (Å²) in [5.41, 5.74) is 0.257. The molecule has 5 nitrogen and oxygen atoms in total. The van der Waals surface area contributed by atoms with Crippen molar-refractivity contribution in [3.05, 3.63) is 54.6 Å². The summed E-state index contributed by atoms with van der Waals surface area (Å²) in [6.07, 6.45) is 1.41. The van der Waals surface area contributed by atoms with Crippen LogP contribution in [0.2, 0.25) is 0 Å². The molecule has 1 unspecified atom stereocenters. The molecule has 1 atom stereocenters. The maximum absolute atomic E-state index is 11.7. The van der Waals surface area contributed by atoms with E-state index >= 15 is 0 Å². The van der Waals surface area contributed by atoms with Gasteiger partial charge in [-0.1, -0.05) is 30.3 Å². The number of carbonyl (C=O) groups excluding carboxylic acids is 1. The number of para-hydroxylation sites is 3. The Balaban J connectivity index is 2.09. The molecule has 6 heteroatoms. The first-order chi connectivity index (χ1) is 9.29. The minimum absolute atomic E-state index is 0.214. The van der Waals surface area contributed by atoms with Gasteiger partial charge in [-0.05, 0) is 24.3 Å². The number of hydrogen-bond donors (Lipinski definition) is 0. The second-order valence-electron chi connectivity index (χ2n) is 3.44. The lowest BCUT2D eigenvalue weighted by Crippen LogP contribution is -1.88. The number of aliphatic imine (C=N–C) groups is 1. The largest absolute Gasteiger partial charge is 0.419 e. The van der Waals surface area contributed by atoms with Gasteiger partial charge in [0.2, 0.25) is 6.08 Å². The first-order valence-electron chi connectivity index (χ1n) is 5.41. The van der Waals surface area contributed by atoms with Crippen molar-refractivity contribution in [1.82, 2.24) is 0 Å². The molecular weight excluding hydrogens is 265 g/mol. The Labute approximate surface area is 110 Å². The summed E-state index contributed by atoms with van der Waals surface area (Å²) in [6, 6.07) is 15.1. The van der Waals surface area contributed by atoms with Gasteiger partial charge in [-0.15, -0.1) is 0 Å². The molecule has 0 aliphatic heterocycles. The van der Waals surface area contributed by atoms with Crippen LogP contribution in [0.3, 0.4) is 0 Å². The van der Waals surface area contributed by atoms with Crippen molar-refractivity contribution < 1.29 is 18.4 Å². The zero-order valence-electron chi connectivity index (χ0n) is 9.78. The molecule has 2 rings (SSSR count). The van der Waals surface area contributed by atoms with Crippen LogP contribution in [0.25, 0.3) is 0 Å². The van der Waals surface area contributed by atoms with E-state index in [2.05, 4.69) is 4.99 Å². The summed E-state index contributed by atoms with van der Waals surface area (Å²) in [6.45, 7) is 0. The summed E-state index contributed by atoms with van der Waals surface area (Å²) < 4.78 is 22.0. The molecule has 0 spiro atoms. The molecule has 0 saturated heterocycles. The quantitative estimate of drug-likeness (QED) is 0.476. The van der Waals surface area contributed by atoms with Crippen LogP contribution >= 0.6 is 8.25 Å². The zero-order valence-corrected chi connectivity index (χ0v) is 10.8. The Morgan fingerprint density at radius 2 is 1.63 bits per heavy atom. The third kappa shape index (κ3) is 3.81. The average molecular weight is 275 g/mol. The number of rotatable bonds is 5. The second-order valence-corrected chi connectivity index (χ2v) is 4.35. The fourth-order valence-corrected chi connectivity index (χ4v) is 2.10. The van der Waals surface area contributed by atoms with Crippen LogP contribution in [0.5, 0.6) is 11.5 Å². The molecule has 96 valence electrons. The lowest BCUT2D eigenvalue weighted by Gasteiger charge is -2.08. The lowest BCUT2D eigenvalue weighted by atomic mass is 10.3. The monoisotopic (exact) mass is 275 g/mol. The highest BCUT2D eigenvalue weighted by molar-refractivity contribution is 7.34. The van der Waals surface area contributed by atoms with Crippen molar-refractivity contribution in [2.75, 3.05) is 0 Å². The maximum Gasteiger partial charge on any atom is 0.419 e. The Morgan fingerprint density at radius 3 is 2.37 bits per heavy atom. The van der Waals surface area contributed by atoms with Gasteiger partial charge in [0.05, 0.1) is 0 Å². The van der Waals surface area contributed by atoms with E-state index < -0.39 is 8.25 Å². The van der Waals surface area contributed by atoms with Gasteiger partial charge >= 0.3 is 8.25 Å². The van der Waals surface area contributed by atoms with E-state index in [0.29, 0.717) is 5.75 Å². The Bertz CT molecular complexity index is 624. The SMILES string of the molecule is O=C=Nc1ccccc1O[PH](=O)Oc1ccccc1. The van der Waals surface area contributed by atoms with Crippen molar-refractivity contribution in [1.29, 1.82) is 0 Å². The van der Waals surface area contributed by atoms with Gasteiger partial charge in [0.15, 0.2) is 5.75 Å². The number of isocyanates is 1. The normalized spacial score (nSPS) is 11.2. The predicted molar refractivity (Wildman–Crippen MR) is 70.9 cm³/mol. The fourth-order valence-electron chi connectivity index (χ4n) is 1.38.